The van der Waals surface area contributed by atoms with E-state index in [0.717, 1.165) is 23.9 Å². The second kappa shape index (κ2) is 9.58. The van der Waals surface area contributed by atoms with Gasteiger partial charge in [0.15, 0.2) is 5.96 Å². The fraction of sp³-hybridized carbons (Fsp3) is 0.500. The fourth-order valence-corrected chi connectivity index (χ4v) is 2.83. The van der Waals surface area contributed by atoms with Crippen LogP contribution >= 0.6 is 0 Å². The van der Waals surface area contributed by atoms with Gasteiger partial charge in [-0.3, -0.25) is 9.98 Å². The van der Waals surface area contributed by atoms with Crippen LogP contribution < -0.4 is 16.0 Å². The molecule has 0 saturated carbocycles. The minimum atomic E-state index is -0.526. The molecule has 1 aromatic carbocycles. The minimum Gasteiger partial charge on any atom is -0.444 e. The summed E-state index contributed by atoms with van der Waals surface area (Å²) in [4.78, 5) is 20.8. The van der Waals surface area contributed by atoms with Crippen molar-refractivity contribution in [3.63, 3.8) is 0 Å². The first-order valence-corrected chi connectivity index (χ1v) is 9.88. The number of guanidine groups is 1. The number of aromatic nitrogens is 1. The number of hydrogen-bond acceptors (Lipinski definition) is 4. The summed E-state index contributed by atoms with van der Waals surface area (Å²) in [5.74, 6) is 0.678. The van der Waals surface area contributed by atoms with E-state index < -0.39 is 17.2 Å². The molecule has 0 aliphatic heterocycles. The highest BCUT2D eigenvalue weighted by atomic mass is 16.6. The zero-order valence-corrected chi connectivity index (χ0v) is 18.3. The molecular weight excluding hydrogens is 366 g/mol. The number of para-hydroxylation sites is 1. The van der Waals surface area contributed by atoms with Crippen LogP contribution in [0.1, 0.15) is 40.2 Å². The van der Waals surface area contributed by atoms with Crippen molar-refractivity contribution in [3.8, 4) is 0 Å². The molecule has 0 bridgehead atoms. The molecule has 0 aliphatic rings. The number of aliphatic imine (C=N–C) groups is 1. The van der Waals surface area contributed by atoms with Gasteiger partial charge in [-0.2, -0.15) is 0 Å². The van der Waals surface area contributed by atoms with Gasteiger partial charge in [-0.1, -0.05) is 24.3 Å². The number of pyridine rings is 1. The number of amides is 1. The number of carbonyl (C=O) groups excluding carboxylic acids is 1. The molecule has 1 aromatic heterocycles. The Morgan fingerprint density at radius 3 is 2.52 bits per heavy atom. The van der Waals surface area contributed by atoms with Gasteiger partial charge >= 0.3 is 6.09 Å². The Morgan fingerprint density at radius 1 is 1.10 bits per heavy atom. The Kier molecular flexibility index (Phi) is 7.42. The van der Waals surface area contributed by atoms with Gasteiger partial charge in [0.1, 0.15) is 5.60 Å². The van der Waals surface area contributed by atoms with Crippen molar-refractivity contribution in [2.24, 2.45) is 4.99 Å². The van der Waals surface area contributed by atoms with Crippen LogP contribution in [0.4, 0.5) is 4.79 Å². The average Bonchev–Trinajstić information content (AvgIpc) is 2.62. The third kappa shape index (κ3) is 7.60. The van der Waals surface area contributed by atoms with E-state index in [0.29, 0.717) is 12.5 Å². The lowest BCUT2D eigenvalue weighted by molar-refractivity contribution is 0.0474. The van der Waals surface area contributed by atoms with Crippen LogP contribution in [0.5, 0.6) is 0 Å². The van der Waals surface area contributed by atoms with E-state index in [1.54, 1.807) is 7.05 Å². The topological polar surface area (TPSA) is 87.6 Å². The van der Waals surface area contributed by atoms with Gasteiger partial charge in [0.05, 0.1) is 11.1 Å². The standard InChI is InChI=1S/C22H33N5O2/c1-21(2,3)29-20(28)27-22(4,5)15-26-19(23-6)25-14-12-17-10-7-9-16-11-8-13-24-18(16)17/h7-11,13H,12,14-15H2,1-6H3,(H,27,28)(H2,23,25,26). The van der Waals surface area contributed by atoms with E-state index >= 15 is 0 Å². The number of alkyl carbamates (subject to hydrolysis) is 1. The van der Waals surface area contributed by atoms with Gasteiger partial charge in [0, 0.05) is 31.7 Å². The van der Waals surface area contributed by atoms with E-state index in [9.17, 15) is 4.79 Å². The molecule has 0 atom stereocenters. The van der Waals surface area contributed by atoms with Crippen LogP contribution in [-0.4, -0.2) is 48.3 Å². The van der Waals surface area contributed by atoms with Crippen molar-refractivity contribution < 1.29 is 9.53 Å². The van der Waals surface area contributed by atoms with E-state index in [2.05, 4.69) is 50.2 Å². The number of hydrogen-bond donors (Lipinski definition) is 3. The zero-order chi connectivity index (χ0) is 21.5. The molecule has 7 nitrogen and oxygen atoms in total. The van der Waals surface area contributed by atoms with E-state index in [4.69, 9.17) is 4.74 Å². The summed E-state index contributed by atoms with van der Waals surface area (Å²) in [6.45, 7) is 10.6. The minimum absolute atomic E-state index is 0.435. The summed E-state index contributed by atoms with van der Waals surface area (Å²) in [7, 11) is 1.73. The van der Waals surface area contributed by atoms with Crippen molar-refractivity contribution in [1.82, 2.24) is 20.9 Å². The molecule has 29 heavy (non-hydrogen) atoms. The molecular formula is C22H33N5O2. The van der Waals surface area contributed by atoms with Crippen molar-refractivity contribution in [2.45, 2.75) is 52.2 Å². The maximum absolute atomic E-state index is 12.0. The molecule has 0 aliphatic carbocycles. The highest BCUT2D eigenvalue weighted by Gasteiger charge is 2.24. The third-order valence-electron chi connectivity index (χ3n) is 4.16. The molecule has 2 aromatic rings. The number of ether oxygens (including phenoxy) is 1. The lowest BCUT2D eigenvalue weighted by Gasteiger charge is -2.29. The largest absolute Gasteiger partial charge is 0.444 e. The van der Waals surface area contributed by atoms with Crippen LogP contribution in [0.25, 0.3) is 10.9 Å². The summed E-state index contributed by atoms with van der Waals surface area (Å²) in [6.07, 6.45) is 2.21. The van der Waals surface area contributed by atoms with E-state index in [1.165, 1.54) is 5.56 Å². The molecule has 0 saturated heterocycles. The number of carbonyl (C=O) groups is 1. The van der Waals surface area contributed by atoms with Crippen molar-refractivity contribution in [1.29, 1.82) is 0 Å². The van der Waals surface area contributed by atoms with Gasteiger partial charge in [-0.15, -0.1) is 0 Å². The van der Waals surface area contributed by atoms with Crippen LogP contribution in [0.3, 0.4) is 0 Å². The van der Waals surface area contributed by atoms with Gasteiger partial charge in [0.25, 0.3) is 0 Å². The predicted octanol–water partition coefficient (Wildman–Crippen LogP) is 3.25. The van der Waals surface area contributed by atoms with Gasteiger partial charge in [0.2, 0.25) is 0 Å². The summed E-state index contributed by atoms with van der Waals surface area (Å²) in [5, 5.41) is 10.6. The maximum Gasteiger partial charge on any atom is 0.408 e. The lowest BCUT2D eigenvalue weighted by Crippen LogP contribution is -2.54. The van der Waals surface area contributed by atoms with Gasteiger partial charge < -0.3 is 20.7 Å². The monoisotopic (exact) mass is 399 g/mol. The van der Waals surface area contributed by atoms with Gasteiger partial charge in [-0.25, -0.2) is 4.79 Å². The van der Waals surface area contributed by atoms with Crippen LogP contribution in [0.2, 0.25) is 0 Å². The Bertz CT molecular complexity index is 850. The Balaban J connectivity index is 1.83. The second-order valence-corrected chi connectivity index (χ2v) is 8.61. The van der Waals surface area contributed by atoms with Crippen LogP contribution in [-0.2, 0) is 11.2 Å². The first-order chi connectivity index (χ1) is 13.6. The van der Waals surface area contributed by atoms with Crippen LogP contribution in [0, 0.1) is 0 Å². The molecule has 1 amide bonds. The summed E-state index contributed by atoms with van der Waals surface area (Å²) in [5.41, 5.74) is 1.20. The molecule has 1 heterocycles. The first kappa shape index (κ1) is 22.5. The number of rotatable bonds is 6. The molecule has 0 fully saturated rings. The molecule has 158 valence electrons. The number of nitrogens with one attached hydrogen (secondary N) is 3. The van der Waals surface area contributed by atoms with Crippen molar-refractivity contribution in [3.05, 3.63) is 42.1 Å². The highest BCUT2D eigenvalue weighted by Crippen LogP contribution is 2.16. The van der Waals surface area contributed by atoms with E-state index in [1.807, 2.05) is 46.9 Å². The SMILES string of the molecule is CN=C(NCCc1cccc2cccnc12)NCC(C)(C)NC(=O)OC(C)(C)C. The predicted molar refractivity (Wildman–Crippen MR) is 118 cm³/mol. The number of benzene rings is 1. The lowest BCUT2D eigenvalue weighted by atomic mass is 10.1. The fourth-order valence-electron chi connectivity index (χ4n) is 2.83. The number of nitrogens with zero attached hydrogens (tertiary/aromatic N) is 2. The maximum atomic E-state index is 12.0. The normalized spacial score (nSPS) is 12.6. The smallest absolute Gasteiger partial charge is 0.408 e. The number of fused-ring (bicyclic) bond motifs is 1. The molecule has 0 spiro atoms. The molecule has 2 rings (SSSR count). The quantitative estimate of drug-likeness (QED) is 0.513. The molecule has 0 unspecified atom stereocenters. The third-order valence-corrected chi connectivity index (χ3v) is 4.16. The Morgan fingerprint density at radius 2 is 1.83 bits per heavy atom. The Labute approximate surface area is 173 Å². The summed E-state index contributed by atoms with van der Waals surface area (Å²) in [6, 6.07) is 10.2. The van der Waals surface area contributed by atoms with E-state index in [-0.39, 0.29) is 0 Å². The average molecular weight is 400 g/mol. The molecule has 0 radical (unpaired) electrons. The highest BCUT2D eigenvalue weighted by molar-refractivity contribution is 5.82. The Hall–Kier alpha value is -2.83. The summed E-state index contributed by atoms with van der Waals surface area (Å²) >= 11 is 0. The van der Waals surface area contributed by atoms with Crippen LogP contribution in [0.15, 0.2) is 41.5 Å². The van der Waals surface area contributed by atoms with Crippen molar-refractivity contribution in [2.75, 3.05) is 20.1 Å². The zero-order valence-electron chi connectivity index (χ0n) is 18.3. The molecule has 3 N–H and O–H groups in total. The van der Waals surface area contributed by atoms with Crippen molar-refractivity contribution >= 4 is 23.0 Å². The van der Waals surface area contributed by atoms with Gasteiger partial charge in [-0.05, 0) is 52.7 Å². The first-order valence-electron chi connectivity index (χ1n) is 9.88. The molecule has 7 heteroatoms. The summed E-state index contributed by atoms with van der Waals surface area (Å²) < 4.78 is 5.33. The second-order valence-electron chi connectivity index (χ2n) is 8.61.